The molecular weight excluding hydrogens is 402 g/mol. The number of anilines is 2. The summed E-state index contributed by atoms with van der Waals surface area (Å²) >= 11 is 0. The summed E-state index contributed by atoms with van der Waals surface area (Å²) in [6.45, 7) is 1.79. The molecule has 1 aliphatic rings. The van der Waals surface area contributed by atoms with Crippen molar-refractivity contribution >= 4 is 21.4 Å². The van der Waals surface area contributed by atoms with Crippen molar-refractivity contribution in [3.8, 4) is 16.9 Å². The summed E-state index contributed by atoms with van der Waals surface area (Å²) in [4.78, 5) is 2.35. The van der Waals surface area contributed by atoms with Crippen LogP contribution in [0.5, 0.6) is 5.75 Å². The Morgan fingerprint density at radius 1 is 1.20 bits per heavy atom. The Kier molecular flexibility index (Phi) is 5.40. The molecule has 4 rings (SSSR count). The fourth-order valence-electron chi connectivity index (χ4n) is 3.51. The molecule has 0 unspecified atom stereocenters. The van der Waals surface area contributed by atoms with Gasteiger partial charge in [-0.2, -0.15) is 5.10 Å². The van der Waals surface area contributed by atoms with Crippen molar-refractivity contribution in [1.82, 2.24) is 14.5 Å². The Labute approximate surface area is 176 Å². The summed E-state index contributed by atoms with van der Waals surface area (Å²) in [6, 6.07) is 10.9. The Morgan fingerprint density at radius 3 is 2.63 bits per heavy atom. The van der Waals surface area contributed by atoms with E-state index in [0.717, 1.165) is 41.3 Å². The Hall–Kier alpha value is -3.04. The molecule has 9 heteroatoms. The van der Waals surface area contributed by atoms with Crippen LogP contribution in [-0.2, 0) is 23.6 Å². The molecular formula is C21H25N5O3S. The fourth-order valence-corrected chi connectivity index (χ4v) is 4.76. The van der Waals surface area contributed by atoms with Crippen LogP contribution in [0.25, 0.3) is 11.1 Å². The molecule has 30 heavy (non-hydrogen) atoms. The number of aryl methyl sites for hydroxylation is 1. The van der Waals surface area contributed by atoms with Gasteiger partial charge in [0.25, 0.3) is 0 Å². The van der Waals surface area contributed by atoms with Crippen molar-refractivity contribution in [3.63, 3.8) is 0 Å². The van der Waals surface area contributed by atoms with Crippen LogP contribution in [-0.4, -0.2) is 45.4 Å². The molecule has 0 saturated heterocycles. The van der Waals surface area contributed by atoms with Crippen molar-refractivity contribution in [3.05, 3.63) is 54.4 Å². The van der Waals surface area contributed by atoms with Gasteiger partial charge in [-0.3, -0.25) is 4.68 Å². The molecule has 0 fully saturated rings. The normalized spacial score (nSPS) is 13.6. The summed E-state index contributed by atoms with van der Waals surface area (Å²) < 4.78 is 36.1. The lowest BCUT2D eigenvalue weighted by Gasteiger charge is -2.30. The third-order valence-electron chi connectivity index (χ3n) is 5.20. The first-order valence-corrected chi connectivity index (χ1v) is 11.1. The van der Waals surface area contributed by atoms with E-state index in [2.05, 4.69) is 20.0 Å². The smallest absolute Gasteiger partial charge is 0.241 e. The van der Waals surface area contributed by atoms with E-state index in [0.29, 0.717) is 5.56 Å². The van der Waals surface area contributed by atoms with Crippen molar-refractivity contribution in [2.24, 2.45) is 7.05 Å². The molecule has 0 bridgehead atoms. The standard InChI is InChI=1S/C21H25N5O3S/c1-25-9-8-22-19-11-21(18(10-20(19)25)16-13-23-26(2)14-16)30(27,28)24-12-15-4-6-17(29-3)7-5-15/h4-7,10-11,13-14,22,24H,8-9,12H2,1-3H3. The van der Waals surface area contributed by atoms with Crippen molar-refractivity contribution in [1.29, 1.82) is 0 Å². The number of sulfonamides is 1. The van der Waals surface area contributed by atoms with Crippen LogP contribution < -0.4 is 19.7 Å². The van der Waals surface area contributed by atoms with Gasteiger partial charge in [-0.05, 0) is 29.8 Å². The first-order chi connectivity index (χ1) is 14.4. The van der Waals surface area contributed by atoms with Crippen molar-refractivity contribution in [2.45, 2.75) is 11.4 Å². The van der Waals surface area contributed by atoms with Gasteiger partial charge in [-0.15, -0.1) is 0 Å². The number of aromatic nitrogens is 2. The Morgan fingerprint density at radius 2 is 1.97 bits per heavy atom. The lowest BCUT2D eigenvalue weighted by Crippen LogP contribution is -2.31. The number of ether oxygens (including phenoxy) is 1. The lowest BCUT2D eigenvalue weighted by atomic mass is 10.1. The van der Waals surface area contributed by atoms with E-state index in [1.807, 2.05) is 50.6 Å². The van der Waals surface area contributed by atoms with Gasteiger partial charge in [-0.1, -0.05) is 12.1 Å². The van der Waals surface area contributed by atoms with Gasteiger partial charge in [-0.25, -0.2) is 13.1 Å². The van der Waals surface area contributed by atoms with Gasteiger partial charge in [0.15, 0.2) is 0 Å². The molecule has 0 spiro atoms. The zero-order valence-corrected chi connectivity index (χ0v) is 18.0. The minimum Gasteiger partial charge on any atom is -0.497 e. The summed E-state index contributed by atoms with van der Waals surface area (Å²) in [6.07, 6.45) is 3.50. The summed E-state index contributed by atoms with van der Waals surface area (Å²) in [5.74, 6) is 0.727. The quantitative estimate of drug-likeness (QED) is 0.628. The molecule has 1 aliphatic heterocycles. The summed E-state index contributed by atoms with van der Waals surface area (Å²) in [5, 5.41) is 7.52. The van der Waals surface area contributed by atoms with Crippen LogP contribution in [0.4, 0.5) is 11.4 Å². The zero-order valence-electron chi connectivity index (χ0n) is 17.2. The number of methoxy groups -OCH3 is 1. The molecule has 0 radical (unpaired) electrons. The predicted molar refractivity (Wildman–Crippen MR) is 117 cm³/mol. The van der Waals surface area contributed by atoms with Crippen LogP contribution in [0.3, 0.4) is 0 Å². The molecule has 0 amide bonds. The van der Waals surface area contributed by atoms with Crippen LogP contribution in [0.2, 0.25) is 0 Å². The highest BCUT2D eigenvalue weighted by atomic mass is 32.2. The van der Waals surface area contributed by atoms with Gasteiger partial charge in [0.1, 0.15) is 5.75 Å². The monoisotopic (exact) mass is 427 g/mol. The van der Waals surface area contributed by atoms with Crippen molar-refractivity contribution in [2.75, 3.05) is 37.5 Å². The molecule has 2 heterocycles. The molecule has 8 nitrogen and oxygen atoms in total. The average molecular weight is 428 g/mol. The number of benzene rings is 2. The minimum atomic E-state index is -3.77. The number of hydrogen-bond donors (Lipinski definition) is 2. The highest BCUT2D eigenvalue weighted by Crippen LogP contribution is 2.38. The third kappa shape index (κ3) is 3.99. The molecule has 0 saturated carbocycles. The SMILES string of the molecule is COc1ccc(CNS(=O)(=O)c2cc3c(cc2-c2cnn(C)c2)N(C)CCN3)cc1. The maximum Gasteiger partial charge on any atom is 0.241 e. The van der Waals surface area contributed by atoms with E-state index in [1.54, 1.807) is 24.1 Å². The number of fused-ring (bicyclic) bond motifs is 1. The molecule has 1 aromatic heterocycles. The molecule has 158 valence electrons. The van der Waals surface area contributed by atoms with Crippen molar-refractivity contribution < 1.29 is 13.2 Å². The van der Waals surface area contributed by atoms with Crippen LogP contribution in [0, 0.1) is 0 Å². The van der Waals surface area contributed by atoms with E-state index in [-0.39, 0.29) is 11.4 Å². The number of likely N-dealkylation sites (N-methyl/N-ethyl adjacent to an activating group) is 1. The van der Waals surface area contributed by atoms with Gasteiger partial charge >= 0.3 is 0 Å². The van der Waals surface area contributed by atoms with E-state index >= 15 is 0 Å². The summed E-state index contributed by atoms with van der Waals surface area (Å²) in [7, 11) is 1.64. The van der Waals surface area contributed by atoms with E-state index in [1.165, 1.54) is 0 Å². The third-order valence-corrected chi connectivity index (χ3v) is 6.64. The van der Waals surface area contributed by atoms with Crippen LogP contribution in [0.1, 0.15) is 5.56 Å². The number of nitrogens with zero attached hydrogens (tertiary/aromatic N) is 3. The van der Waals surface area contributed by atoms with Gasteiger partial charge in [0, 0.05) is 51.1 Å². The second-order valence-corrected chi connectivity index (χ2v) is 9.02. The largest absolute Gasteiger partial charge is 0.497 e. The minimum absolute atomic E-state index is 0.184. The second kappa shape index (κ2) is 8.00. The highest BCUT2D eigenvalue weighted by molar-refractivity contribution is 7.89. The van der Waals surface area contributed by atoms with Crippen LogP contribution >= 0.6 is 0 Å². The average Bonchev–Trinajstić information content (AvgIpc) is 3.18. The lowest BCUT2D eigenvalue weighted by molar-refractivity contribution is 0.414. The highest BCUT2D eigenvalue weighted by Gasteiger charge is 2.25. The summed E-state index contributed by atoms with van der Waals surface area (Å²) in [5.41, 5.74) is 4.00. The van der Waals surface area contributed by atoms with Gasteiger partial charge in [0.2, 0.25) is 10.0 Å². The van der Waals surface area contributed by atoms with Gasteiger partial charge < -0.3 is 15.0 Å². The topological polar surface area (TPSA) is 88.5 Å². The molecule has 0 aliphatic carbocycles. The predicted octanol–water partition coefficient (Wildman–Crippen LogP) is 2.44. The van der Waals surface area contributed by atoms with E-state index < -0.39 is 10.0 Å². The number of rotatable bonds is 6. The number of hydrogen-bond acceptors (Lipinski definition) is 6. The molecule has 2 aromatic carbocycles. The van der Waals surface area contributed by atoms with E-state index in [9.17, 15) is 8.42 Å². The Balaban J connectivity index is 1.71. The second-order valence-electron chi connectivity index (χ2n) is 7.29. The first-order valence-electron chi connectivity index (χ1n) is 9.62. The molecule has 0 atom stereocenters. The van der Waals surface area contributed by atoms with Gasteiger partial charge in [0.05, 0.1) is 29.6 Å². The maximum absolute atomic E-state index is 13.3. The molecule has 2 N–H and O–H groups in total. The van der Waals surface area contributed by atoms with E-state index in [4.69, 9.17) is 4.74 Å². The molecule has 3 aromatic rings. The van der Waals surface area contributed by atoms with Crippen LogP contribution in [0.15, 0.2) is 53.7 Å². The Bertz CT molecular complexity index is 1160. The maximum atomic E-state index is 13.3. The first kappa shape index (κ1) is 20.2. The number of nitrogens with one attached hydrogen (secondary N) is 2. The zero-order chi connectivity index (χ0) is 21.3. The fraction of sp³-hybridized carbons (Fsp3) is 0.286.